The van der Waals surface area contributed by atoms with E-state index in [0.29, 0.717) is 25.1 Å². The second-order valence-corrected chi connectivity index (χ2v) is 5.53. The summed E-state index contributed by atoms with van der Waals surface area (Å²) >= 11 is 0. The first-order valence-electron chi connectivity index (χ1n) is 7.37. The first-order valence-corrected chi connectivity index (χ1v) is 7.37. The van der Waals surface area contributed by atoms with Crippen LogP contribution in [0.5, 0.6) is 0 Å². The van der Waals surface area contributed by atoms with Crippen LogP contribution in [-0.2, 0) is 4.79 Å². The van der Waals surface area contributed by atoms with Crippen LogP contribution in [0.2, 0.25) is 0 Å². The first kappa shape index (κ1) is 15.2. The van der Waals surface area contributed by atoms with E-state index in [1.807, 2.05) is 0 Å². The Kier molecular flexibility index (Phi) is 4.10. The maximum atomic E-state index is 13.0. The average Bonchev–Trinajstić information content (AvgIpc) is 2.56. The van der Waals surface area contributed by atoms with Crippen LogP contribution in [0.25, 0.3) is 5.69 Å². The topological polar surface area (TPSA) is 75.4 Å². The molecule has 0 saturated carbocycles. The summed E-state index contributed by atoms with van der Waals surface area (Å²) in [4.78, 5) is 29.7. The number of nitrogens with zero attached hydrogens (tertiary/aromatic N) is 3. The molecule has 7 heteroatoms. The van der Waals surface area contributed by atoms with Crippen molar-refractivity contribution in [3.8, 4) is 5.69 Å². The molecule has 0 unspecified atom stereocenters. The molecule has 1 aromatic heterocycles. The number of carboxylic acid groups (broad SMARTS) is 1. The Morgan fingerprint density at radius 2 is 2.04 bits per heavy atom. The zero-order valence-corrected chi connectivity index (χ0v) is 12.4. The van der Waals surface area contributed by atoms with Gasteiger partial charge in [-0.1, -0.05) is 0 Å². The number of carbonyl (C=O) groups is 1. The molecule has 2 aromatic rings. The lowest BCUT2D eigenvalue weighted by atomic mass is 9.98. The van der Waals surface area contributed by atoms with Crippen molar-refractivity contribution in [2.45, 2.75) is 12.8 Å². The van der Waals surface area contributed by atoms with Gasteiger partial charge in [-0.3, -0.25) is 14.2 Å². The maximum absolute atomic E-state index is 13.0. The summed E-state index contributed by atoms with van der Waals surface area (Å²) < 4.78 is 14.4. The van der Waals surface area contributed by atoms with E-state index in [0.717, 1.165) is 0 Å². The minimum Gasteiger partial charge on any atom is -0.481 e. The second-order valence-electron chi connectivity index (χ2n) is 5.53. The summed E-state index contributed by atoms with van der Waals surface area (Å²) in [5, 5.41) is 9.16. The zero-order chi connectivity index (χ0) is 16.4. The minimum atomic E-state index is -0.857. The molecule has 0 amide bonds. The van der Waals surface area contributed by atoms with E-state index in [1.54, 1.807) is 4.90 Å². The van der Waals surface area contributed by atoms with Gasteiger partial charge in [-0.25, -0.2) is 9.37 Å². The van der Waals surface area contributed by atoms with Gasteiger partial charge in [0.2, 0.25) is 0 Å². The Bertz CT molecular complexity index is 773. The molecule has 0 aliphatic carbocycles. The van der Waals surface area contributed by atoms with E-state index >= 15 is 0 Å². The second kappa shape index (κ2) is 6.20. The SMILES string of the molecule is O=C(O)[C@@H]1CCCN(c2nccn(-c3ccc(F)cc3)c2=O)C1. The molecule has 120 valence electrons. The largest absolute Gasteiger partial charge is 0.481 e. The summed E-state index contributed by atoms with van der Waals surface area (Å²) in [5.74, 6) is -1.51. The van der Waals surface area contributed by atoms with Crippen molar-refractivity contribution in [3.63, 3.8) is 0 Å². The third-order valence-corrected chi connectivity index (χ3v) is 4.00. The monoisotopic (exact) mass is 317 g/mol. The van der Waals surface area contributed by atoms with Crippen molar-refractivity contribution in [2.75, 3.05) is 18.0 Å². The van der Waals surface area contributed by atoms with Crippen molar-refractivity contribution in [1.82, 2.24) is 9.55 Å². The molecular weight excluding hydrogens is 301 g/mol. The lowest BCUT2D eigenvalue weighted by molar-refractivity contribution is -0.141. The van der Waals surface area contributed by atoms with Crippen molar-refractivity contribution < 1.29 is 14.3 Å². The number of carboxylic acids is 1. The fourth-order valence-corrected chi connectivity index (χ4v) is 2.79. The van der Waals surface area contributed by atoms with E-state index in [1.165, 1.54) is 41.2 Å². The highest BCUT2D eigenvalue weighted by Crippen LogP contribution is 2.20. The van der Waals surface area contributed by atoms with Gasteiger partial charge in [0.15, 0.2) is 5.82 Å². The molecule has 1 saturated heterocycles. The molecule has 1 fully saturated rings. The highest BCUT2D eigenvalue weighted by molar-refractivity contribution is 5.71. The molecule has 1 aliphatic heterocycles. The number of anilines is 1. The number of aromatic nitrogens is 2. The Labute approximate surface area is 131 Å². The van der Waals surface area contributed by atoms with Crippen LogP contribution in [0, 0.1) is 11.7 Å². The molecule has 0 radical (unpaired) electrons. The van der Waals surface area contributed by atoms with E-state index in [4.69, 9.17) is 5.11 Å². The van der Waals surface area contributed by atoms with Gasteiger partial charge in [-0.05, 0) is 37.1 Å². The molecular formula is C16H16FN3O3. The molecule has 0 spiro atoms. The number of hydrogen-bond donors (Lipinski definition) is 1. The number of hydrogen-bond acceptors (Lipinski definition) is 4. The number of piperidine rings is 1. The Morgan fingerprint density at radius 3 is 2.74 bits per heavy atom. The number of rotatable bonds is 3. The van der Waals surface area contributed by atoms with Crippen LogP contribution in [0.15, 0.2) is 41.5 Å². The molecule has 6 nitrogen and oxygen atoms in total. The Morgan fingerprint density at radius 1 is 1.30 bits per heavy atom. The van der Waals surface area contributed by atoms with Crippen molar-refractivity contribution >= 4 is 11.8 Å². The Hall–Kier alpha value is -2.70. The lowest BCUT2D eigenvalue weighted by Crippen LogP contribution is -2.42. The predicted molar refractivity (Wildman–Crippen MR) is 82.4 cm³/mol. The minimum absolute atomic E-state index is 0.225. The smallest absolute Gasteiger partial charge is 0.308 e. The molecule has 1 aromatic carbocycles. The normalized spacial score (nSPS) is 18.0. The number of aliphatic carboxylic acids is 1. The van der Waals surface area contributed by atoms with Crippen LogP contribution in [-0.4, -0.2) is 33.7 Å². The fraction of sp³-hybridized carbons (Fsp3) is 0.312. The highest BCUT2D eigenvalue weighted by atomic mass is 19.1. The molecule has 0 bridgehead atoms. The molecule has 2 heterocycles. The van der Waals surface area contributed by atoms with Crippen LogP contribution in [0.1, 0.15) is 12.8 Å². The summed E-state index contributed by atoms with van der Waals surface area (Å²) in [7, 11) is 0. The standard InChI is InChI=1S/C16H16FN3O3/c17-12-3-5-13(6-4-12)20-9-7-18-14(15(20)21)19-8-1-2-11(10-19)16(22)23/h3-7,9,11H,1-2,8,10H2,(H,22,23)/t11-/m1/s1. The molecule has 1 N–H and O–H groups in total. The van der Waals surface area contributed by atoms with Gasteiger partial charge < -0.3 is 10.0 Å². The summed E-state index contributed by atoms with van der Waals surface area (Å²) in [6.45, 7) is 0.866. The third kappa shape index (κ3) is 3.08. The van der Waals surface area contributed by atoms with Gasteiger partial charge >= 0.3 is 5.97 Å². The lowest BCUT2D eigenvalue weighted by Gasteiger charge is -2.31. The number of halogens is 1. The van der Waals surface area contributed by atoms with Crippen LogP contribution in [0.4, 0.5) is 10.2 Å². The van der Waals surface area contributed by atoms with Crippen molar-refractivity contribution in [3.05, 3.63) is 52.8 Å². The van der Waals surface area contributed by atoms with Gasteiger partial charge in [-0.15, -0.1) is 0 Å². The summed E-state index contributed by atoms with van der Waals surface area (Å²) in [6.07, 6.45) is 4.30. The van der Waals surface area contributed by atoms with E-state index < -0.39 is 11.9 Å². The molecule has 1 atom stereocenters. The first-order chi connectivity index (χ1) is 11.1. The van der Waals surface area contributed by atoms with E-state index in [9.17, 15) is 14.0 Å². The molecule has 3 rings (SSSR count). The van der Waals surface area contributed by atoms with Gasteiger partial charge in [-0.2, -0.15) is 0 Å². The molecule has 23 heavy (non-hydrogen) atoms. The fourth-order valence-electron chi connectivity index (χ4n) is 2.79. The number of benzene rings is 1. The summed E-state index contributed by atoms with van der Waals surface area (Å²) in [6, 6.07) is 5.58. The molecule has 1 aliphatic rings. The zero-order valence-electron chi connectivity index (χ0n) is 12.4. The average molecular weight is 317 g/mol. The predicted octanol–water partition coefficient (Wildman–Crippen LogP) is 1.67. The third-order valence-electron chi connectivity index (χ3n) is 4.00. The summed E-state index contributed by atoms with van der Waals surface area (Å²) in [5.41, 5.74) is 0.192. The highest BCUT2D eigenvalue weighted by Gasteiger charge is 2.27. The van der Waals surface area contributed by atoms with Crippen LogP contribution >= 0.6 is 0 Å². The van der Waals surface area contributed by atoms with E-state index in [-0.39, 0.29) is 23.7 Å². The van der Waals surface area contributed by atoms with Crippen molar-refractivity contribution in [1.29, 1.82) is 0 Å². The quantitative estimate of drug-likeness (QED) is 0.932. The maximum Gasteiger partial charge on any atom is 0.308 e. The van der Waals surface area contributed by atoms with Gasteiger partial charge in [0.1, 0.15) is 5.82 Å². The van der Waals surface area contributed by atoms with Crippen LogP contribution < -0.4 is 10.5 Å². The van der Waals surface area contributed by atoms with E-state index in [2.05, 4.69) is 4.98 Å². The van der Waals surface area contributed by atoms with Gasteiger partial charge in [0, 0.05) is 31.2 Å². The van der Waals surface area contributed by atoms with Gasteiger partial charge in [0.05, 0.1) is 5.92 Å². The van der Waals surface area contributed by atoms with Gasteiger partial charge in [0.25, 0.3) is 5.56 Å². The van der Waals surface area contributed by atoms with Crippen molar-refractivity contribution in [2.24, 2.45) is 5.92 Å². The van der Waals surface area contributed by atoms with Crippen LogP contribution in [0.3, 0.4) is 0 Å². The Balaban J connectivity index is 1.95.